The largest absolute Gasteiger partial charge is 0.317 e. The Kier molecular flexibility index (Phi) is 4.21. The minimum absolute atomic E-state index is 0.620. The van der Waals surface area contributed by atoms with Gasteiger partial charge in [0.15, 0.2) is 0 Å². The van der Waals surface area contributed by atoms with Crippen LogP contribution < -0.4 is 5.32 Å². The predicted octanol–water partition coefficient (Wildman–Crippen LogP) is 2.40. The third-order valence-electron chi connectivity index (χ3n) is 3.75. The highest BCUT2D eigenvalue weighted by atomic mass is 15.3. The topological polar surface area (TPSA) is 29.9 Å². The first-order valence-corrected chi connectivity index (χ1v) is 6.99. The summed E-state index contributed by atoms with van der Waals surface area (Å²) in [5.74, 6) is 0.982. The number of likely N-dealkylation sites (N-methyl/N-ethyl adjacent to an activating group) is 1. The van der Waals surface area contributed by atoms with E-state index in [1.165, 1.54) is 30.7 Å². The highest BCUT2D eigenvalue weighted by molar-refractivity contribution is 5.12. The van der Waals surface area contributed by atoms with Gasteiger partial charge in [-0.15, -0.1) is 0 Å². The molecule has 0 bridgehead atoms. The highest BCUT2D eigenvalue weighted by Gasteiger charge is 2.25. The molecule has 1 N–H and O–H groups in total. The fourth-order valence-electron chi connectivity index (χ4n) is 2.44. The van der Waals surface area contributed by atoms with Crippen LogP contribution >= 0.6 is 0 Å². The third kappa shape index (κ3) is 3.32. The Bertz CT molecular complexity index is 352. The second-order valence-corrected chi connectivity index (χ2v) is 5.17. The van der Waals surface area contributed by atoms with Crippen LogP contribution in [0.5, 0.6) is 0 Å². The van der Waals surface area contributed by atoms with Gasteiger partial charge in [0.1, 0.15) is 0 Å². The summed E-state index contributed by atoms with van der Waals surface area (Å²) in [4.78, 5) is 0. The molecule has 1 unspecified atom stereocenters. The molecule has 1 atom stereocenters. The standard InChI is InChI=1S/C14H25N3/c1-4-12-9-14(17(5-2)16-12)10-13(15-3)8-11-6-7-11/h9,11,13,15H,4-8,10H2,1-3H3. The molecular weight excluding hydrogens is 210 g/mol. The average Bonchev–Trinajstić information content (AvgIpc) is 3.07. The molecule has 1 aliphatic rings. The van der Waals surface area contributed by atoms with Gasteiger partial charge in [-0.1, -0.05) is 19.8 Å². The maximum absolute atomic E-state index is 4.62. The van der Waals surface area contributed by atoms with E-state index < -0.39 is 0 Å². The molecule has 1 heterocycles. The van der Waals surface area contributed by atoms with Crippen molar-refractivity contribution < 1.29 is 0 Å². The monoisotopic (exact) mass is 235 g/mol. The van der Waals surface area contributed by atoms with Crippen molar-refractivity contribution in [1.29, 1.82) is 0 Å². The summed E-state index contributed by atoms with van der Waals surface area (Å²) in [6.45, 7) is 5.33. The molecule has 0 amide bonds. The quantitative estimate of drug-likeness (QED) is 0.786. The molecule has 1 aromatic heterocycles. The van der Waals surface area contributed by atoms with Crippen LogP contribution in [-0.2, 0) is 19.4 Å². The second-order valence-electron chi connectivity index (χ2n) is 5.17. The molecule has 0 spiro atoms. The SMILES string of the molecule is CCc1cc(CC(CC2CC2)NC)n(CC)n1. The van der Waals surface area contributed by atoms with Crippen molar-refractivity contribution in [2.45, 2.75) is 58.5 Å². The van der Waals surface area contributed by atoms with E-state index in [2.05, 4.69) is 42.1 Å². The maximum atomic E-state index is 4.62. The van der Waals surface area contributed by atoms with Gasteiger partial charge >= 0.3 is 0 Å². The van der Waals surface area contributed by atoms with E-state index in [-0.39, 0.29) is 0 Å². The van der Waals surface area contributed by atoms with Crippen LogP contribution in [0.3, 0.4) is 0 Å². The Morgan fingerprint density at radius 1 is 1.47 bits per heavy atom. The van der Waals surface area contributed by atoms with E-state index in [4.69, 9.17) is 0 Å². The van der Waals surface area contributed by atoms with Crippen molar-refractivity contribution in [3.05, 3.63) is 17.5 Å². The van der Waals surface area contributed by atoms with Crippen LogP contribution in [-0.4, -0.2) is 22.9 Å². The number of hydrogen-bond acceptors (Lipinski definition) is 2. The molecule has 0 saturated heterocycles. The van der Waals surface area contributed by atoms with Crippen molar-refractivity contribution in [3.8, 4) is 0 Å². The molecule has 17 heavy (non-hydrogen) atoms. The van der Waals surface area contributed by atoms with E-state index in [9.17, 15) is 0 Å². The third-order valence-corrected chi connectivity index (χ3v) is 3.75. The van der Waals surface area contributed by atoms with E-state index in [1.54, 1.807) is 0 Å². The summed E-state index contributed by atoms with van der Waals surface area (Å²) in [6.07, 6.45) is 6.35. The average molecular weight is 235 g/mol. The molecule has 3 nitrogen and oxygen atoms in total. The summed E-state index contributed by atoms with van der Waals surface area (Å²) in [7, 11) is 2.08. The number of nitrogens with zero attached hydrogens (tertiary/aromatic N) is 2. The number of aromatic nitrogens is 2. The van der Waals surface area contributed by atoms with Gasteiger partial charge in [-0.3, -0.25) is 4.68 Å². The molecule has 1 saturated carbocycles. The summed E-state index contributed by atoms with van der Waals surface area (Å²) in [5.41, 5.74) is 2.62. The summed E-state index contributed by atoms with van der Waals surface area (Å²) >= 11 is 0. The lowest BCUT2D eigenvalue weighted by Gasteiger charge is -2.16. The van der Waals surface area contributed by atoms with E-state index in [0.717, 1.165) is 25.3 Å². The van der Waals surface area contributed by atoms with Gasteiger partial charge < -0.3 is 5.32 Å². The van der Waals surface area contributed by atoms with E-state index in [0.29, 0.717) is 6.04 Å². The lowest BCUT2D eigenvalue weighted by atomic mass is 10.0. The van der Waals surface area contributed by atoms with Crippen LogP contribution in [0.25, 0.3) is 0 Å². The van der Waals surface area contributed by atoms with Crippen molar-refractivity contribution in [2.75, 3.05) is 7.05 Å². The van der Waals surface area contributed by atoms with Crippen LogP contribution in [0.4, 0.5) is 0 Å². The van der Waals surface area contributed by atoms with Gasteiger partial charge in [-0.05, 0) is 38.8 Å². The van der Waals surface area contributed by atoms with Crippen molar-refractivity contribution in [2.24, 2.45) is 5.92 Å². The Morgan fingerprint density at radius 3 is 2.76 bits per heavy atom. The first kappa shape index (κ1) is 12.6. The zero-order chi connectivity index (χ0) is 12.3. The first-order valence-electron chi connectivity index (χ1n) is 6.99. The minimum atomic E-state index is 0.620. The van der Waals surface area contributed by atoms with E-state index >= 15 is 0 Å². The molecule has 96 valence electrons. The van der Waals surface area contributed by atoms with E-state index in [1.807, 2.05) is 0 Å². The number of nitrogens with one attached hydrogen (secondary N) is 1. The zero-order valence-corrected chi connectivity index (χ0v) is 11.4. The van der Waals surface area contributed by atoms with Gasteiger partial charge in [-0.25, -0.2) is 0 Å². The Morgan fingerprint density at radius 2 is 2.24 bits per heavy atom. The maximum Gasteiger partial charge on any atom is 0.0624 e. The number of hydrogen-bond donors (Lipinski definition) is 1. The number of aryl methyl sites for hydroxylation is 2. The molecule has 0 aliphatic heterocycles. The molecule has 0 aromatic carbocycles. The summed E-state index contributed by atoms with van der Waals surface area (Å²) in [6, 6.07) is 2.90. The summed E-state index contributed by atoms with van der Waals surface area (Å²) < 4.78 is 2.16. The summed E-state index contributed by atoms with van der Waals surface area (Å²) in [5, 5.41) is 8.08. The van der Waals surface area contributed by atoms with Gasteiger partial charge in [0.2, 0.25) is 0 Å². The lowest BCUT2D eigenvalue weighted by molar-refractivity contribution is 0.471. The van der Waals surface area contributed by atoms with Crippen LogP contribution in [0.2, 0.25) is 0 Å². The molecule has 1 fully saturated rings. The molecule has 2 rings (SSSR count). The Balaban J connectivity index is 2.01. The molecule has 3 heteroatoms. The number of rotatable bonds is 7. The normalized spacial score (nSPS) is 17.4. The van der Waals surface area contributed by atoms with Gasteiger partial charge in [0, 0.05) is 24.7 Å². The minimum Gasteiger partial charge on any atom is -0.317 e. The molecule has 1 aliphatic carbocycles. The zero-order valence-electron chi connectivity index (χ0n) is 11.4. The van der Waals surface area contributed by atoms with Gasteiger partial charge in [-0.2, -0.15) is 5.10 Å². The van der Waals surface area contributed by atoms with Gasteiger partial charge in [0.05, 0.1) is 5.69 Å². The fourth-order valence-corrected chi connectivity index (χ4v) is 2.44. The molecule has 1 aromatic rings. The van der Waals surface area contributed by atoms with Gasteiger partial charge in [0.25, 0.3) is 0 Å². The van der Waals surface area contributed by atoms with Crippen LogP contribution in [0, 0.1) is 5.92 Å². The lowest BCUT2D eigenvalue weighted by Crippen LogP contribution is -2.29. The Labute approximate surface area is 105 Å². The highest BCUT2D eigenvalue weighted by Crippen LogP contribution is 2.34. The van der Waals surface area contributed by atoms with Crippen molar-refractivity contribution in [3.63, 3.8) is 0 Å². The fraction of sp³-hybridized carbons (Fsp3) is 0.786. The second kappa shape index (κ2) is 5.67. The first-order chi connectivity index (χ1) is 8.26. The van der Waals surface area contributed by atoms with Crippen LogP contribution in [0.1, 0.15) is 44.5 Å². The molecular formula is C14H25N3. The van der Waals surface area contributed by atoms with Crippen LogP contribution in [0.15, 0.2) is 6.07 Å². The Hall–Kier alpha value is -0.830. The molecule has 0 radical (unpaired) electrons. The van der Waals surface area contributed by atoms with Crippen molar-refractivity contribution in [1.82, 2.24) is 15.1 Å². The predicted molar refractivity (Wildman–Crippen MR) is 71.2 cm³/mol. The van der Waals surface area contributed by atoms with Crippen molar-refractivity contribution >= 4 is 0 Å². The smallest absolute Gasteiger partial charge is 0.0624 e.